The molecular weight excluding hydrogens is 314 g/mol. The number of hydrogen-bond acceptors (Lipinski definition) is 3. The molecule has 1 saturated heterocycles. The molecule has 1 fully saturated rings. The van der Waals surface area contributed by atoms with Crippen molar-refractivity contribution in [3.63, 3.8) is 0 Å². The second-order valence-corrected chi connectivity index (χ2v) is 6.00. The lowest BCUT2D eigenvalue weighted by Crippen LogP contribution is -2.47. The third-order valence-corrected chi connectivity index (χ3v) is 4.30. The summed E-state index contributed by atoms with van der Waals surface area (Å²) in [7, 11) is 1.84. The first kappa shape index (κ1) is 19.1. The largest absolute Gasteiger partial charge is 0.481 e. The fraction of sp³-hybridized carbons (Fsp3) is 0.550. The average Bonchev–Trinajstić information content (AvgIpc) is 2.66. The molecule has 5 heteroatoms. The van der Waals surface area contributed by atoms with Crippen molar-refractivity contribution in [1.82, 2.24) is 10.2 Å². The fourth-order valence-electron chi connectivity index (χ4n) is 3.00. The number of terminal acetylenes is 1. The molecule has 0 saturated carbocycles. The van der Waals surface area contributed by atoms with E-state index < -0.39 is 0 Å². The van der Waals surface area contributed by atoms with Crippen LogP contribution < -0.4 is 10.1 Å². The first-order chi connectivity index (χ1) is 12.3. The zero-order chi connectivity index (χ0) is 17.9. The predicted molar refractivity (Wildman–Crippen MR) is 102 cm³/mol. The van der Waals surface area contributed by atoms with Crippen molar-refractivity contribution in [2.45, 2.75) is 32.3 Å². The summed E-state index contributed by atoms with van der Waals surface area (Å²) in [6.07, 6.45) is 8.65. The molecule has 0 radical (unpaired) electrons. The van der Waals surface area contributed by atoms with Crippen LogP contribution in [0.15, 0.2) is 29.3 Å². The van der Waals surface area contributed by atoms with Gasteiger partial charge in [-0.2, -0.15) is 0 Å². The maximum atomic E-state index is 5.71. The third-order valence-electron chi connectivity index (χ3n) is 4.30. The van der Waals surface area contributed by atoms with Gasteiger partial charge in [-0.15, -0.1) is 6.42 Å². The van der Waals surface area contributed by atoms with Crippen LogP contribution in [0.25, 0.3) is 0 Å². The van der Waals surface area contributed by atoms with Crippen LogP contribution in [0, 0.1) is 12.3 Å². The molecule has 0 unspecified atom stereocenters. The van der Waals surface area contributed by atoms with Gasteiger partial charge in [0.1, 0.15) is 12.4 Å². The maximum absolute atomic E-state index is 5.71. The number of nitrogens with one attached hydrogen (secondary N) is 1. The summed E-state index contributed by atoms with van der Waals surface area (Å²) in [6.45, 7) is 5.99. The van der Waals surface area contributed by atoms with Crippen molar-refractivity contribution < 1.29 is 9.47 Å². The van der Waals surface area contributed by atoms with E-state index in [-0.39, 0.29) is 0 Å². The Kier molecular flexibility index (Phi) is 8.14. The molecule has 136 valence electrons. The quantitative estimate of drug-likeness (QED) is 0.469. The minimum absolute atomic E-state index is 0.303. The highest BCUT2D eigenvalue weighted by atomic mass is 16.5. The molecule has 0 atom stereocenters. The highest BCUT2D eigenvalue weighted by molar-refractivity contribution is 5.79. The van der Waals surface area contributed by atoms with Gasteiger partial charge in [0.2, 0.25) is 0 Å². The van der Waals surface area contributed by atoms with Crippen LogP contribution in [0.4, 0.5) is 0 Å². The average molecular weight is 343 g/mol. The van der Waals surface area contributed by atoms with E-state index in [1.54, 1.807) is 0 Å². The van der Waals surface area contributed by atoms with E-state index in [1.165, 1.54) is 5.56 Å². The number of piperidine rings is 1. The topological polar surface area (TPSA) is 46.1 Å². The van der Waals surface area contributed by atoms with E-state index in [0.29, 0.717) is 12.7 Å². The number of benzene rings is 1. The molecular formula is C20H29N3O2. The lowest BCUT2D eigenvalue weighted by molar-refractivity contribution is 0.0264. The Morgan fingerprint density at radius 2 is 2.04 bits per heavy atom. The van der Waals surface area contributed by atoms with Crippen molar-refractivity contribution in [2.75, 3.05) is 39.9 Å². The molecule has 1 aromatic rings. The number of hydrogen-bond donors (Lipinski definition) is 1. The summed E-state index contributed by atoms with van der Waals surface area (Å²) in [5.74, 6) is 4.25. The van der Waals surface area contributed by atoms with E-state index in [2.05, 4.69) is 40.2 Å². The van der Waals surface area contributed by atoms with Gasteiger partial charge in [0.05, 0.1) is 6.10 Å². The molecule has 1 aliphatic heterocycles. The maximum Gasteiger partial charge on any atom is 0.193 e. The normalized spacial score (nSPS) is 15.7. The molecule has 2 rings (SSSR count). The first-order valence-corrected chi connectivity index (χ1v) is 8.99. The van der Waals surface area contributed by atoms with Crippen molar-refractivity contribution >= 4 is 5.96 Å². The van der Waals surface area contributed by atoms with Crippen LogP contribution in [0.1, 0.15) is 25.3 Å². The van der Waals surface area contributed by atoms with Crippen molar-refractivity contribution in [3.8, 4) is 18.1 Å². The number of nitrogens with zero attached hydrogens (tertiary/aromatic N) is 2. The first-order valence-electron chi connectivity index (χ1n) is 8.99. The summed E-state index contributed by atoms with van der Waals surface area (Å²) < 4.78 is 11.1. The Bertz CT molecular complexity index is 570. The Balaban J connectivity index is 1.73. The minimum Gasteiger partial charge on any atom is -0.481 e. The summed E-state index contributed by atoms with van der Waals surface area (Å²) in [5, 5.41) is 3.46. The van der Waals surface area contributed by atoms with Gasteiger partial charge >= 0.3 is 0 Å². The molecule has 1 heterocycles. The van der Waals surface area contributed by atoms with Crippen molar-refractivity contribution in [1.29, 1.82) is 0 Å². The molecule has 1 N–H and O–H groups in total. The monoisotopic (exact) mass is 343 g/mol. The van der Waals surface area contributed by atoms with Gasteiger partial charge in [-0.25, -0.2) is 0 Å². The number of aliphatic imine (C=N–C) groups is 1. The zero-order valence-corrected chi connectivity index (χ0v) is 15.3. The van der Waals surface area contributed by atoms with Crippen LogP contribution >= 0.6 is 0 Å². The van der Waals surface area contributed by atoms with E-state index in [9.17, 15) is 0 Å². The minimum atomic E-state index is 0.303. The fourth-order valence-corrected chi connectivity index (χ4v) is 3.00. The van der Waals surface area contributed by atoms with Gasteiger partial charge in [-0.3, -0.25) is 4.99 Å². The van der Waals surface area contributed by atoms with E-state index >= 15 is 0 Å². The van der Waals surface area contributed by atoms with Crippen LogP contribution in [0.2, 0.25) is 0 Å². The molecule has 1 aromatic carbocycles. The molecule has 1 aliphatic rings. The van der Waals surface area contributed by atoms with Crippen LogP contribution in [0.3, 0.4) is 0 Å². The van der Waals surface area contributed by atoms with Gasteiger partial charge in [-0.05, 0) is 43.9 Å². The molecule has 0 aliphatic carbocycles. The van der Waals surface area contributed by atoms with Crippen LogP contribution in [-0.4, -0.2) is 56.9 Å². The second-order valence-electron chi connectivity index (χ2n) is 6.00. The Morgan fingerprint density at radius 3 is 2.64 bits per heavy atom. The zero-order valence-electron chi connectivity index (χ0n) is 15.3. The standard InChI is InChI=1S/C20H29N3O2/c1-4-16-25-18-8-6-17(7-9-18)10-13-22-20(21-3)23-14-11-19(12-15-23)24-5-2/h1,6-9,19H,5,10-16H2,2-3H3,(H,21,22). The van der Waals surface area contributed by atoms with Gasteiger partial charge < -0.3 is 19.7 Å². The predicted octanol–water partition coefficient (Wildman–Crippen LogP) is 2.32. The SMILES string of the molecule is C#CCOc1ccc(CCNC(=NC)N2CCC(OCC)CC2)cc1. The van der Waals surface area contributed by atoms with E-state index in [0.717, 1.165) is 57.2 Å². The molecule has 0 amide bonds. The summed E-state index contributed by atoms with van der Waals surface area (Å²) >= 11 is 0. The third kappa shape index (κ3) is 6.32. The Labute approximate surface area is 151 Å². The smallest absolute Gasteiger partial charge is 0.193 e. The Morgan fingerprint density at radius 1 is 1.32 bits per heavy atom. The lowest BCUT2D eigenvalue weighted by Gasteiger charge is -2.34. The van der Waals surface area contributed by atoms with Crippen molar-refractivity contribution in [2.24, 2.45) is 4.99 Å². The second kappa shape index (κ2) is 10.6. The van der Waals surface area contributed by atoms with Crippen molar-refractivity contribution in [3.05, 3.63) is 29.8 Å². The van der Waals surface area contributed by atoms with E-state index in [4.69, 9.17) is 15.9 Å². The lowest BCUT2D eigenvalue weighted by atomic mass is 10.1. The molecule has 0 aromatic heterocycles. The van der Waals surface area contributed by atoms with Gasteiger partial charge in [0, 0.05) is 33.3 Å². The summed E-state index contributed by atoms with van der Waals surface area (Å²) in [5.41, 5.74) is 1.26. The molecule has 0 spiro atoms. The number of rotatable bonds is 7. The van der Waals surface area contributed by atoms with E-state index in [1.807, 2.05) is 19.2 Å². The van der Waals surface area contributed by atoms with Gasteiger partial charge in [0.25, 0.3) is 0 Å². The number of ether oxygens (including phenoxy) is 2. The Hall–Kier alpha value is -2.19. The van der Waals surface area contributed by atoms with Crippen LogP contribution in [0.5, 0.6) is 5.75 Å². The van der Waals surface area contributed by atoms with Crippen LogP contribution in [-0.2, 0) is 11.2 Å². The highest BCUT2D eigenvalue weighted by Gasteiger charge is 2.21. The molecule has 0 bridgehead atoms. The summed E-state index contributed by atoms with van der Waals surface area (Å²) in [4.78, 5) is 6.73. The van der Waals surface area contributed by atoms with Gasteiger partial charge in [0.15, 0.2) is 5.96 Å². The highest BCUT2D eigenvalue weighted by Crippen LogP contribution is 2.14. The summed E-state index contributed by atoms with van der Waals surface area (Å²) in [6, 6.07) is 8.06. The number of likely N-dealkylation sites (tertiary alicyclic amines) is 1. The number of guanidine groups is 1. The molecule has 25 heavy (non-hydrogen) atoms. The van der Waals surface area contributed by atoms with Gasteiger partial charge in [-0.1, -0.05) is 18.1 Å². The molecule has 5 nitrogen and oxygen atoms in total.